The molecule has 3 aliphatic carbocycles. The molecule has 4 nitrogen and oxygen atoms in total. The SMILES string of the molecule is N#CC12CC(CC1N=[N+]=[N-])C2. The maximum Gasteiger partial charge on any atom is 0.0694 e. The van der Waals surface area contributed by atoms with Gasteiger partial charge in [0.25, 0.3) is 0 Å². The summed E-state index contributed by atoms with van der Waals surface area (Å²) in [5.41, 5.74) is 7.95. The van der Waals surface area contributed by atoms with Crippen LogP contribution in [0.5, 0.6) is 0 Å². The van der Waals surface area contributed by atoms with Crippen LogP contribution in [0.3, 0.4) is 0 Å². The number of azide groups is 1. The first-order valence-corrected chi connectivity index (χ1v) is 3.76. The van der Waals surface area contributed by atoms with Crippen molar-refractivity contribution < 1.29 is 0 Å². The molecule has 3 aliphatic rings. The van der Waals surface area contributed by atoms with Crippen molar-refractivity contribution in [1.29, 1.82) is 5.26 Å². The van der Waals surface area contributed by atoms with Crippen LogP contribution < -0.4 is 0 Å². The van der Waals surface area contributed by atoms with Gasteiger partial charge in [-0.2, -0.15) is 5.26 Å². The lowest BCUT2D eigenvalue weighted by atomic mass is 9.70. The van der Waals surface area contributed by atoms with E-state index in [1.807, 2.05) is 0 Å². The fourth-order valence-corrected chi connectivity index (χ4v) is 2.34. The molecule has 0 amide bonds. The second-order valence-corrected chi connectivity index (χ2v) is 3.50. The highest BCUT2D eigenvalue weighted by Gasteiger charge is 2.57. The van der Waals surface area contributed by atoms with Gasteiger partial charge in [-0.3, -0.25) is 0 Å². The molecule has 0 N–H and O–H groups in total. The molecular formula is C7H8N4. The number of nitrogens with zero attached hydrogens (tertiary/aromatic N) is 4. The number of fused-ring (bicyclic) bond motifs is 1. The second kappa shape index (κ2) is 1.90. The van der Waals surface area contributed by atoms with E-state index in [-0.39, 0.29) is 11.5 Å². The average molecular weight is 148 g/mol. The van der Waals surface area contributed by atoms with Crippen molar-refractivity contribution in [3.63, 3.8) is 0 Å². The largest absolute Gasteiger partial charge is 0.198 e. The molecule has 0 aliphatic heterocycles. The highest BCUT2D eigenvalue weighted by Crippen LogP contribution is 2.59. The Labute approximate surface area is 64.4 Å². The Hall–Kier alpha value is -1.20. The lowest BCUT2D eigenvalue weighted by molar-refractivity contribution is 0.206. The predicted octanol–water partition coefficient (Wildman–Crippen LogP) is 1.99. The summed E-state index contributed by atoms with van der Waals surface area (Å²) < 4.78 is 0. The van der Waals surface area contributed by atoms with E-state index in [0.29, 0.717) is 5.92 Å². The normalized spacial score (nSPS) is 45.4. The van der Waals surface area contributed by atoms with Crippen molar-refractivity contribution in [2.24, 2.45) is 16.4 Å². The van der Waals surface area contributed by atoms with Gasteiger partial charge < -0.3 is 0 Å². The van der Waals surface area contributed by atoms with Gasteiger partial charge in [0.2, 0.25) is 0 Å². The standard InChI is InChI=1S/C7H8N4/c8-4-7-2-5(3-7)1-6(7)10-11-9/h5-6H,1-3H2. The highest BCUT2D eigenvalue weighted by molar-refractivity contribution is 5.20. The monoisotopic (exact) mass is 148 g/mol. The van der Waals surface area contributed by atoms with Gasteiger partial charge in [-0.15, -0.1) is 0 Å². The van der Waals surface area contributed by atoms with Gasteiger partial charge in [-0.1, -0.05) is 5.11 Å². The Morgan fingerprint density at radius 2 is 2.36 bits per heavy atom. The predicted molar refractivity (Wildman–Crippen MR) is 38.3 cm³/mol. The van der Waals surface area contributed by atoms with Crippen molar-refractivity contribution in [2.75, 3.05) is 0 Å². The summed E-state index contributed by atoms with van der Waals surface area (Å²) in [6, 6.07) is 2.24. The van der Waals surface area contributed by atoms with Crippen molar-refractivity contribution >= 4 is 0 Å². The third kappa shape index (κ3) is 0.662. The van der Waals surface area contributed by atoms with E-state index in [0.717, 1.165) is 19.3 Å². The Balaban J connectivity index is 2.25. The van der Waals surface area contributed by atoms with Crippen LogP contribution in [0.15, 0.2) is 5.11 Å². The number of rotatable bonds is 1. The van der Waals surface area contributed by atoms with E-state index in [2.05, 4.69) is 16.1 Å². The zero-order valence-electron chi connectivity index (χ0n) is 6.06. The summed E-state index contributed by atoms with van der Waals surface area (Å²) >= 11 is 0. The van der Waals surface area contributed by atoms with Gasteiger partial charge in [0.1, 0.15) is 0 Å². The van der Waals surface area contributed by atoms with Gasteiger partial charge >= 0.3 is 0 Å². The molecule has 0 spiro atoms. The third-order valence-electron chi connectivity index (χ3n) is 2.91. The van der Waals surface area contributed by atoms with Gasteiger partial charge in [0.05, 0.1) is 17.5 Å². The second-order valence-electron chi connectivity index (χ2n) is 3.50. The topological polar surface area (TPSA) is 72.5 Å². The lowest BCUT2D eigenvalue weighted by Gasteiger charge is -2.32. The van der Waals surface area contributed by atoms with Crippen LogP contribution in [-0.4, -0.2) is 6.04 Å². The van der Waals surface area contributed by atoms with E-state index in [1.54, 1.807) is 0 Å². The summed E-state index contributed by atoms with van der Waals surface area (Å²) in [6.07, 6.45) is 2.83. The summed E-state index contributed by atoms with van der Waals surface area (Å²) in [7, 11) is 0. The molecule has 3 fully saturated rings. The minimum atomic E-state index is -0.267. The van der Waals surface area contributed by atoms with Crippen LogP contribution >= 0.6 is 0 Å². The van der Waals surface area contributed by atoms with E-state index in [4.69, 9.17) is 10.8 Å². The van der Waals surface area contributed by atoms with Crippen LogP contribution in [0, 0.1) is 22.7 Å². The Kier molecular flexibility index (Phi) is 1.12. The van der Waals surface area contributed by atoms with E-state index < -0.39 is 0 Å². The fourth-order valence-electron chi connectivity index (χ4n) is 2.34. The van der Waals surface area contributed by atoms with Crippen molar-refractivity contribution in [2.45, 2.75) is 25.3 Å². The maximum absolute atomic E-state index is 8.83. The minimum absolute atomic E-state index is 0.0394. The zero-order valence-corrected chi connectivity index (χ0v) is 6.06. The summed E-state index contributed by atoms with van der Waals surface area (Å²) in [4.78, 5) is 2.76. The summed E-state index contributed by atoms with van der Waals surface area (Å²) in [5, 5.41) is 12.5. The smallest absolute Gasteiger partial charge is 0.0694 e. The molecule has 56 valence electrons. The van der Waals surface area contributed by atoms with Gasteiger partial charge in [0, 0.05) is 4.91 Å². The maximum atomic E-state index is 8.83. The van der Waals surface area contributed by atoms with Crippen molar-refractivity contribution in [1.82, 2.24) is 0 Å². The highest BCUT2D eigenvalue weighted by atomic mass is 15.2. The molecule has 3 rings (SSSR count). The lowest BCUT2D eigenvalue weighted by Crippen LogP contribution is -2.31. The number of hydrogen-bond donors (Lipinski definition) is 0. The molecule has 3 saturated carbocycles. The molecule has 0 saturated heterocycles. The molecule has 11 heavy (non-hydrogen) atoms. The van der Waals surface area contributed by atoms with Gasteiger partial charge in [0.15, 0.2) is 0 Å². The Bertz CT molecular complexity index is 265. The first-order chi connectivity index (χ1) is 5.30. The van der Waals surface area contributed by atoms with Crippen LogP contribution in [-0.2, 0) is 0 Å². The van der Waals surface area contributed by atoms with Gasteiger partial charge in [-0.05, 0) is 30.7 Å². The van der Waals surface area contributed by atoms with Gasteiger partial charge in [-0.25, -0.2) is 0 Å². The van der Waals surface area contributed by atoms with E-state index >= 15 is 0 Å². The quantitative estimate of drug-likeness (QED) is 0.318. The molecule has 0 aromatic rings. The van der Waals surface area contributed by atoms with Crippen molar-refractivity contribution in [3.05, 3.63) is 10.4 Å². The van der Waals surface area contributed by atoms with E-state index in [9.17, 15) is 0 Å². The molecule has 1 unspecified atom stereocenters. The third-order valence-corrected chi connectivity index (χ3v) is 2.91. The molecule has 1 atom stereocenters. The molecule has 2 bridgehead atoms. The molecule has 0 aromatic carbocycles. The molecule has 4 heteroatoms. The fraction of sp³-hybridized carbons (Fsp3) is 0.857. The Morgan fingerprint density at radius 3 is 2.91 bits per heavy atom. The number of hydrogen-bond acceptors (Lipinski definition) is 2. The zero-order chi connectivity index (χ0) is 7.90. The molecular weight excluding hydrogens is 140 g/mol. The molecule has 0 radical (unpaired) electrons. The van der Waals surface area contributed by atoms with Crippen LogP contribution in [0.2, 0.25) is 0 Å². The van der Waals surface area contributed by atoms with E-state index in [1.165, 1.54) is 0 Å². The van der Waals surface area contributed by atoms with Crippen molar-refractivity contribution in [3.8, 4) is 6.07 Å². The molecule has 0 heterocycles. The first-order valence-electron chi connectivity index (χ1n) is 3.76. The van der Waals surface area contributed by atoms with Crippen LogP contribution in [0.25, 0.3) is 10.4 Å². The summed E-state index contributed by atoms with van der Waals surface area (Å²) in [6.45, 7) is 0. The number of nitriles is 1. The molecule has 0 aromatic heterocycles. The minimum Gasteiger partial charge on any atom is -0.198 e. The summed E-state index contributed by atoms with van der Waals surface area (Å²) in [5.74, 6) is 0.658. The Morgan fingerprint density at radius 1 is 1.64 bits per heavy atom. The van der Waals surface area contributed by atoms with Crippen LogP contribution in [0.4, 0.5) is 0 Å². The van der Waals surface area contributed by atoms with Crippen LogP contribution in [0.1, 0.15) is 19.3 Å². The average Bonchev–Trinajstić information content (AvgIpc) is 2.41. The first kappa shape index (κ1) is 6.51.